The lowest BCUT2D eigenvalue weighted by molar-refractivity contribution is 0.0931. The second kappa shape index (κ2) is 8.96. The second-order valence-electron chi connectivity index (χ2n) is 8.00. The van der Waals surface area contributed by atoms with E-state index in [1.165, 1.54) is 32.1 Å². The number of amides is 1. The van der Waals surface area contributed by atoms with Crippen molar-refractivity contribution in [3.63, 3.8) is 0 Å². The number of carbonyl (C=O) groups excluding carboxylic acids is 1. The highest BCUT2D eigenvalue weighted by molar-refractivity contribution is 6.30. The molecule has 1 aliphatic carbocycles. The summed E-state index contributed by atoms with van der Waals surface area (Å²) in [4.78, 5) is 18.3. The summed E-state index contributed by atoms with van der Waals surface area (Å²) in [5.74, 6) is 0.00921. The molecule has 0 unspecified atom stereocenters. The molecule has 2 aromatic carbocycles. The lowest BCUT2D eigenvalue weighted by atomic mass is 9.94. The molecule has 0 radical (unpaired) electrons. The number of fused-ring (bicyclic) bond motifs is 1. The molecule has 150 valence electrons. The van der Waals surface area contributed by atoms with E-state index in [1.54, 1.807) is 0 Å². The van der Waals surface area contributed by atoms with E-state index in [1.807, 2.05) is 55.5 Å². The summed E-state index contributed by atoms with van der Waals surface area (Å²) in [6.07, 6.45) is 8.36. The van der Waals surface area contributed by atoms with E-state index in [4.69, 9.17) is 16.6 Å². The highest BCUT2D eigenvalue weighted by Crippen LogP contribution is 2.31. The van der Waals surface area contributed by atoms with Crippen LogP contribution in [0.2, 0.25) is 5.02 Å². The largest absolute Gasteiger partial charge is 0.349 e. The summed E-state index contributed by atoms with van der Waals surface area (Å²) >= 11 is 6.22. The van der Waals surface area contributed by atoms with Crippen molar-refractivity contribution in [1.29, 1.82) is 0 Å². The summed E-state index contributed by atoms with van der Waals surface area (Å²) < 4.78 is 0. The Balaban J connectivity index is 1.76. The van der Waals surface area contributed by atoms with E-state index in [2.05, 4.69) is 5.32 Å². The second-order valence-corrected chi connectivity index (χ2v) is 8.44. The van der Waals surface area contributed by atoms with Crippen LogP contribution < -0.4 is 5.32 Å². The maximum absolute atomic E-state index is 13.4. The van der Waals surface area contributed by atoms with Crippen LogP contribution in [0.25, 0.3) is 22.2 Å². The van der Waals surface area contributed by atoms with Gasteiger partial charge < -0.3 is 5.32 Å². The van der Waals surface area contributed by atoms with Gasteiger partial charge in [-0.1, -0.05) is 74.0 Å². The summed E-state index contributed by atoms with van der Waals surface area (Å²) in [6, 6.07) is 15.8. The Kier molecular flexibility index (Phi) is 6.15. The average Bonchev–Trinajstić information content (AvgIpc) is 2.69. The molecule has 1 N–H and O–H groups in total. The van der Waals surface area contributed by atoms with Crippen molar-refractivity contribution in [2.24, 2.45) is 0 Å². The van der Waals surface area contributed by atoms with Crippen LogP contribution >= 0.6 is 11.6 Å². The van der Waals surface area contributed by atoms with E-state index < -0.39 is 0 Å². The zero-order valence-electron chi connectivity index (χ0n) is 16.9. The first-order valence-electron chi connectivity index (χ1n) is 10.6. The molecule has 0 spiro atoms. The van der Waals surface area contributed by atoms with Gasteiger partial charge in [0.25, 0.3) is 5.91 Å². The maximum Gasteiger partial charge on any atom is 0.252 e. The zero-order chi connectivity index (χ0) is 20.2. The summed E-state index contributed by atoms with van der Waals surface area (Å²) in [5, 5.41) is 4.90. The number of hydrogen-bond donors (Lipinski definition) is 1. The highest BCUT2D eigenvalue weighted by Gasteiger charge is 2.21. The molecule has 3 aromatic rings. The zero-order valence-corrected chi connectivity index (χ0v) is 17.6. The number of carbonyl (C=O) groups is 1. The van der Waals surface area contributed by atoms with Crippen molar-refractivity contribution in [3.8, 4) is 11.3 Å². The van der Waals surface area contributed by atoms with Crippen molar-refractivity contribution < 1.29 is 4.79 Å². The first-order valence-corrected chi connectivity index (χ1v) is 11.0. The summed E-state index contributed by atoms with van der Waals surface area (Å²) in [5.41, 5.74) is 4.20. The molecule has 1 saturated carbocycles. The van der Waals surface area contributed by atoms with Crippen molar-refractivity contribution in [2.75, 3.05) is 0 Å². The van der Waals surface area contributed by atoms with Crippen LogP contribution in [-0.2, 0) is 0 Å². The van der Waals surface area contributed by atoms with Gasteiger partial charge in [-0.05, 0) is 43.5 Å². The smallest absolute Gasteiger partial charge is 0.252 e. The molecular weight excluding hydrogens is 380 g/mol. The number of pyridine rings is 1. The van der Waals surface area contributed by atoms with Crippen molar-refractivity contribution in [2.45, 2.75) is 57.9 Å². The Morgan fingerprint density at radius 2 is 1.72 bits per heavy atom. The third-order valence-corrected chi connectivity index (χ3v) is 6.14. The van der Waals surface area contributed by atoms with Crippen molar-refractivity contribution in [1.82, 2.24) is 10.3 Å². The topological polar surface area (TPSA) is 42.0 Å². The molecule has 3 nitrogen and oxygen atoms in total. The van der Waals surface area contributed by atoms with Crippen LogP contribution in [0, 0.1) is 6.92 Å². The predicted octanol–water partition coefficient (Wildman–Crippen LogP) is 6.71. The Labute approximate surface area is 177 Å². The fourth-order valence-corrected chi connectivity index (χ4v) is 4.57. The van der Waals surface area contributed by atoms with Gasteiger partial charge in [0.05, 0.1) is 16.8 Å². The van der Waals surface area contributed by atoms with Gasteiger partial charge in [-0.25, -0.2) is 4.98 Å². The van der Waals surface area contributed by atoms with Crippen LogP contribution in [0.15, 0.2) is 48.5 Å². The van der Waals surface area contributed by atoms with Gasteiger partial charge in [0.1, 0.15) is 0 Å². The number of halogens is 1. The SMILES string of the molecule is Cc1c(-c2cccc(Cl)c2)nc2ccccc2c1C(=O)NC1CCCCCCC1. The molecule has 4 rings (SSSR count). The number of hydrogen-bond acceptors (Lipinski definition) is 2. The standard InChI is InChI=1S/C25H27ClN2O/c1-17-23(25(29)27-20-12-5-3-2-4-6-13-20)21-14-7-8-15-22(21)28-24(17)18-10-9-11-19(26)16-18/h7-11,14-16,20H,2-6,12-13H2,1H3,(H,27,29). The van der Waals surface area contributed by atoms with E-state index in [-0.39, 0.29) is 11.9 Å². The van der Waals surface area contributed by atoms with Gasteiger partial charge in [0.15, 0.2) is 0 Å². The lowest BCUT2D eigenvalue weighted by Crippen LogP contribution is -2.35. The number of aromatic nitrogens is 1. The molecule has 1 aromatic heterocycles. The van der Waals surface area contributed by atoms with Gasteiger partial charge in [-0.15, -0.1) is 0 Å². The number of nitrogens with one attached hydrogen (secondary N) is 1. The monoisotopic (exact) mass is 406 g/mol. The highest BCUT2D eigenvalue weighted by atomic mass is 35.5. The average molecular weight is 407 g/mol. The Morgan fingerprint density at radius 3 is 2.48 bits per heavy atom. The molecular formula is C25H27ClN2O. The number of para-hydroxylation sites is 1. The molecule has 0 aliphatic heterocycles. The third kappa shape index (κ3) is 4.45. The maximum atomic E-state index is 13.4. The summed E-state index contributed by atoms with van der Waals surface area (Å²) in [7, 11) is 0. The first-order chi connectivity index (χ1) is 14.1. The molecule has 1 aliphatic rings. The number of benzene rings is 2. The van der Waals surface area contributed by atoms with Gasteiger partial charge in [0, 0.05) is 22.0 Å². The number of rotatable bonds is 3. The van der Waals surface area contributed by atoms with E-state index in [9.17, 15) is 4.79 Å². The first kappa shape index (κ1) is 19.9. The minimum atomic E-state index is 0.00921. The van der Waals surface area contributed by atoms with Gasteiger partial charge >= 0.3 is 0 Å². The van der Waals surface area contributed by atoms with Gasteiger partial charge in [0.2, 0.25) is 0 Å². The molecule has 29 heavy (non-hydrogen) atoms. The molecule has 0 bridgehead atoms. The van der Waals surface area contributed by atoms with E-state index in [0.717, 1.165) is 46.1 Å². The molecule has 1 heterocycles. The molecule has 0 atom stereocenters. The van der Waals surface area contributed by atoms with Crippen molar-refractivity contribution in [3.05, 3.63) is 64.7 Å². The minimum absolute atomic E-state index is 0.00921. The van der Waals surface area contributed by atoms with Gasteiger partial charge in [-0.2, -0.15) is 0 Å². The van der Waals surface area contributed by atoms with Crippen LogP contribution in [-0.4, -0.2) is 16.9 Å². The Bertz CT molecular complexity index is 1020. The predicted molar refractivity (Wildman–Crippen MR) is 120 cm³/mol. The Hall–Kier alpha value is -2.39. The summed E-state index contributed by atoms with van der Waals surface area (Å²) in [6.45, 7) is 1.99. The van der Waals surface area contributed by atoms with Crippen LogP contribution in [0.5, 0.6) is 0 Å². The number of nitrogens with zero attached hydrogens (tertiary/aromatic N) is 1. The molecule has 4 heteroatoms. The van der Waals surface area contributed by atoms with E-state index >= 15 is 0 Å². The van der Waals surface area contributed by atoms with Crippen LogP contribution in [0.4, 0.5) is 0 Å². The van der Waals surface area contributed by atoms with Crippen LogP contribution in [0.1, 0.15) is 60.9 Å². The Morgan fingerprint density at radius 1 is 1.00 bits per heavy atom. The van der Waals surface area contributed by atoms with Crippen molar-refractivity contribution >= 4 is 28.4 Å². The fourth-order valence-electron chi connectivity index (χ4n) is 4.37. The molecule has 1 fully saturated rings. The van der Waals surface area contributed by atoms with Gasteiger partial charge in [-0.3, -0.25) is 4.79 Å². The van der Waals surface area contributed by atoms with Crippen LogP contribution in [0.3, 0.4) is 0 Å². The quantitative estimate of drug-likeness (QED) is 0.525. The normalized spacial score (nSPS) is 15.7. The molecule has 1 amide bonds. The minimum Gasteiger partial charge on any atom is -0.349 e. The lowest BCUT2D eigenvalue weighted by Gasteiger charge is -2.22. The fraction of sp³-hybridized carbons (Fsp3) is 0.360. The van der Waals surface area contributed by atoms with E-state index in [0.29, 0.717) is 5.02 Å². The third-order valence-electron chi connectivity index (χ3n) is 5.90. The molecule has 0 saturated heterocycles.